The molecule has 0 bridgehead atoms. The quantitative estimate of drug-likeness (QED) is 0.479. The summed E-state index contributed by atoms with van der Waals surface area (Å²) in [7, 11) is 0. The van der Waals surface area contributed by atoms with E-state index in [1.54, 1.807) is 12.1 Å². The number of hydrogen-bond acceptors (Lipinski definition) is 5. The summed E-state index contributed by atoms with van der Waals surface area (Å²) >= 11 is 0. The van der Waals surface area contributed by atoms with Crippen LogP contribution in [-0.4, -0.2) is 38.4 Å². The average molecular weight is 441 g/mol. The third-order valence-electron chi connectivity index (χ3n) is 4.00. The molecular weight excluding hydrogens is 415 g/mol. The molecule has 0 aliphatic carbocycles. The minimum atomic E-state index is -4.64. The van der Waals surface area contributed by atoms with Crippen LogP contribution in [0.2, 0.25) is 0 Å². The van der Waals surface area contributed by atoms with Crippen LogP contribution in [0.25, 0.3) is 0 Å². The maximum atomic E-state index is 13.2. The lowest BCUT2D eigenvalue weighted by molar-refractivity contribution is -0.138. The fraction of sp³-hybridized carbons (Fsp3) is 0.409. The van der Waals surface area contributed by atoms with Crippen molar-refractivity contribution in [2.24, 2.45) is 5.73 Å². The molecule has 31 heavy (non-hydrogen) atoms. The number of nitrogens with two attached hydrogens (primary N) is 1. The molecule has 6 nitrogen and oxygen atoms in total. The fourth-order valence-corrected chi connectivity index (χ4v) is 2.53. The van der Waals surface area contributed by atoms with E-state index in [9.17, 15) is 18.0 Å². The summed E-state index contributed by atoms with van der Waals surface area (Å²) < 4.78 is 61.4. The molecule has 0 aliphatic heterocycles. The van der Waals surface area contributed by atoms with Crippen molar-refractivity contribution in [1.82, 2.24) is 0 Å². The Kier molecular flexibility index (Phi) is 9.14. The number of amides is 1. The highest BCUT2D eigenvalue weighted by atomic mass is 19.4. The van der Waals surface area contributed by atoms with Crippen LogP contribution in [0.1, 0.15) is 36.2 Å². The minimum absolute atomic E-state index is 0.0845. The van der Waals surface area contributed by atoms with Crippen LogP contribution in [0.15, 0.2) is 42.5 Å². The standard InChI is InChI=1S/C22H26F3NO5/c1-15(2)29-11-3-10-28-12-13-30-17-5-7-18(8-6-17)31-20-14-16(21(26)27)4-9-19(20)22(23,24)25/h4-9,14-15H,3,10-13H2,1-2H3,(H2,26,27). The number of benzene rings is 2. The van der Waals surface area contributed by atoms with Gasteiger partial charge in [0.05, 0.1) is 18.3 Å². The normalized spacial score (nSPS) is 11.5. The second-order valence-corrected chi connectivity index (χ2v) is 6.88. The number of rotatable bonds is 12. The molecule has 0 saturated carbocycles. The predicted octanol–water partition coefficient (Wildman–Crippen LogP) is 4.81. The molecule has 2 aromatic rings. The van der Waals surface area contributed by atoms with Gasteiger partial charge in [-0.15, -0.1) is 0 Å². The Morgan fingerprint density at radius 2 is 1.65 bits per heavy atom. The van der Waals surface area contributed by atoms with Crippen molar-refractivity contribution in [3.05, 3.63) is 53.6 Å². The molecule has 2 N–H and O–H groups in total. The first-order valence-corrected chi connectivity index (χ1v) is 9.78. The smallest absolute Gasteiger partial charge is 0.419 e. The molecule has 1 amide bonds. The Hall–Kier alpha value is -2.78. The summed E-state index contributed by atoms with van der Waals surface area (Å²) in [5.74, 6) is -0.689. The molecule has 9 heteroatoms. The SMILES string of the molecule is CC(C)OCCCOCCOc1ccc(Oc2cc(C(N)=O)ccc2C(F)(F)F)cc1. The van der Waals surface area contributed by atoms with Crippen molar-refractivity contribution in [2.75, 3.05) is 26.4 Å². The Morgan fingerprint density at radius 3 is 2.26 bits per heavy atom. The summed E-state index contributed by atoms with van der Waals surface area (Å²) in [4.78, 5) is 11.3. The van der Waals surface area contributed by atoms with Crippen molar-refractivity contribution in [3.63, 3.8) is 0 Å². The van der Waals surface area contributed by atoms with Crippen LogP contribution in [-0.2, 0) is 15.7 Å². The zero-order valence-electron chi connectivity index (χ0n) is 17.4. The van der Waals surface area contributed by atoms with Crippen molar-refractivity contribution < 1.29 is 36.9 Å². The highest BCUT2D eigenvalue weighted by molar-refractivity contribution is 5.93. The molecule has 0 aliphatic rings. The Morgan fingerprint density at radius 1 is 0.968 bits per heavy atom. The number of ether oxygens (including phenoxy) is 4. The van der Waals surface area contributed by atoms with E-state index < -0.39 is 23.4 Å². The first-order valence-electron chi connectivity index (χ1n) is 9.78. The zero-order chi connectivity index (χ0) is 22.9. The molecule has 0 aromatic heterocycles. The number of halogens is 3. The molecule has 0 fully saturated rings. The van der Waals surface area contributed by atoms with Gasteiger partial charge in [0.2, 0.25) is 5.91 Å². The summed E-state index contributed by atoms with van der Waals surface area (Å²) in [6.07, 6.45) is -3.65. The lowest BCUT2D eigenvalue weighted by atomic mass is 10.1. The third-order valence-corrected chi connectivity index (χ3v) is 4.00. The number of alkyl halides is 3. The van der Waals surface area contributed by atoms with E-state index in [4.69, 9.17) is 24.7 Å². The maximum absolute atomic E-state index is 13.2. The van der Waals surface area contributed by atoms with Gasteiger partial charge in [0, 0.05) is 18.8 Å². The average Bonchev–Trinajstić information content (AvgIpc) is 2.70. The molecule has 2 aromatic carbocycles. The van der Waals surface area contributed by atoms with Gasteiger partial charge in [-0.05, 0) is 62.7 Å². The lowest BCUT2D eigenvalue weighted by Gasteiger charge is -2.15. The van der Waals surface area contributed by atoms with Gasteiger partial charge in [0.25, 0.3) is 0 Å². The van der Waals surface area contributed by atoms with Crippen LogP contribution < -0.4 is 15.2 Å². The van der Waals surface area contributed by atoms with Crippen LogP contribution in [0, 0.1) is 0 Å². The molecule has 0 unspecified atom stereocenters. The lowest BCUT2D eigenvalue weighted by Crippen LogP contribution is -2.13. The molecule has 2 rings (SSSR count). The van der Waals surface area contributed by atoms with Gasteiger partial charge in [0.15, 0.2) is 0 Å². The van der Waals surface area contributed by atoms with Gasteiger partial charge in [-0.1, -0.05) is 0 Å². The second-order valence-electron chi connectivity index (χ2n) is 6.88. The highest BCUT2D eigenvalue weighted by Gasteiger charge is 2.35. The summed E-state index contributed by atoms with van der Waals surface area (Å²) in [6.45, 7) is 5.86. The van der Waals surface area contributed by atoms with Gasteiger partial charge >= 0.3 is 6.18 Å². The first-order chi connectivity index (χ1) is 14.7. The number of primary amides is 1. The zero-order valence-corrected chi connectivity index (χ0v) is 17.4. The highest BCUT2D eigenvalue weighted by Crippen LogP contribution is 2.38. The molecule has 170 valence electrons. The van der Waals surface area contributed by atoms with Crippen molar-refractivity contribution in [1.29, 1.82) is 0 Å². The number of hydrogen-bond donors (Lipinski definition) is 1. The van der Waals surface area contributed by atoms with E-state index in [2.05, 4.69) is 0 Å². The molecule has 0 saturated heterocycles. The van der Waals surface area contributed by atoms with Gasteiger partial charge in [-0.25, -0.2) is 0 Å². The minimum Gasteiger partial charge on any atom is -0.491 e. The molecule has 0 radical (unpaired) electrons. The maximum Gasteiger partial charge on any atom is 0.419 e. The van der Waals surface area contributed by atoms with E-state index in [0.29, 0.717) is 32.2 Å². The fourth-order valence-electron chi connectivity index (χ4n) is 2.53. The second kappa shape index (κ2) is 11.6. The Balaban J connectivity index is 1.87. The van der Waals surface area contributed by atoms with Crippen molar-refractivity contribution in [3.8, 4) is 17.2 Å². The van der Waals surface area contributed by atoms with Crippen LogP contribution >= 0.6 is 0 Å². The van der Waals surface area contributed by atoms with Gasteiger partial charge in [0.1, 0.15) is 23.9 Å². The van der Waals surface area contributed by atoms with Crippen LogP contribution in [0.4, 0.5) is 13.2 Å². The molecule has 0 heterocycles. The van der Waals surface area contributed by atoms with Gasteiger partial charge in [-0.2, -0.15) is 13.2 Å². The largest absolute Gasteiger partial charge is 0.491 e. The Bertz CT molecular complexity index is 838. The van der Waals surface area contributed by atoms with Gasteiger partial charge < -0.3 is 24.7 Å². The van der Waals surface area contributed by atoms with E-state index in [-0.39, 0.29) is 17.4 Å². The topological polar surface area (TPSA) is 80.0 Å². The van der Waals surface area contributed by atoms with Crippen LogP contribution in [0.3, 0.4) is 0 Å². The van der Waals surface area contributed by atoms with E-state index in [1.807, 2.05) is 13.8 Å². The summed E-state index contributed by atoms with van der Waals surface area (Å²) in [5.41, 5.74) is 4.06. The first kappa shape index (κ1) is 24.5. The van der Waals surface area contributed by atoms with Crippen molar-refractivity contribution in [2.45, 2.75) is 32.5 Å². The summed E-state index contributed by atoms with van der Waals surface area (Å²) in [6, 6.07) is 8.82. The number of carbonyl (C=O) groups is 1. The van der Waals surface area contributed by atoms with E-state index in [0.717, 1.165) is 24.6 Å². The Labute approximate surface area is 179 Å². The van der Waals surface area contributed by atoms with E-state index >= 15 is 0 Å². The molecule has 0 spiro atoms. The van der Waals surface area contributed by atoms with E-state index in [1.165, 1.54) is 12.1 Å². The predicted molar refractivity (Wildman–Crippen MR) is 108 cm³/mol. The molecular formula is C22H26F3NO5. The monoisotopic (exact) mass is 441 g/mol. The summed E-state index contributed by atoms with van der Waals surface area (Å²) in [5, 5.41) is 0. The number of carbonyl (C=O) groups excluding carboxylic acids is 1. The van der Waals surface area contributed by atoms with Crippen LogP contribution in [0.5, 0.6) is 17.2 Å². The van der Waals surface area contributed by atoms with Gasteiger partial charge in [-0.3, -0.25) is 4.79 Å². The van der Waals surface area contributed by atoms with Crippen molar-refractivity contribution >= 4 is 5.91 Å². The third kappa shape index (κ3) is 8.47. The molecule has 0 atom stereocenters.